The molecule has 3 aromatic rings. The number of amides is 1. The molecule has 1 heterocycles. The smallest absolute Gasteiger partial charge is 0.249 e. The Morgan fingerprint density at radius 1 is 1.04 bits per heavy atom. The monoisotopic (exact) mass is 365 g/mol. The summed E-state index contributed by atoms with van der Waals surface area (Å²) in [5, 5.41) is 10.4. The number of aromatic nitrogens is 2. The SMILES string of the molecule is COc1ccc(/C=C/C(=O)Nc2nonc2-c2ccc(OC)cc2C)cc1. The molecule has 3 rings (SSSR count). The molecular formula is C20H19N3O4. The summed E-state index contributed by atoms with van der Waals surface area (Å²) in [6, 6.07) is 12.9. The van der Waals surface area contributed by atoms with Crippen molar-refractivity contribution in [2.24, 2.45) is 0 Å². The molecule has 0 spiro atoms. The second-order valence-electron chi connectivity index (χ2n) is 5.74. The van der Waals surface area contributed by atoms with Crippen molar-refractivity contribution in [2.75, 3.05) is 19.5 Å². The molecule has 1 amide bonds. The molecule has 0 saturated heterocycles. The van der Waals surface area contributed by atoms with Gasteiger partial charge in [0.1, 0.15) is 11.5 Å². The number of carbonyl (C=O) groups excluding carboxylic acids is 1. The Bertz CT molecular complexity index is 962. The Kier molecular flexibility index (Phi) is 5.51. The van der Waals surface area contributed by atoms with Gasteiger partial charge in [0.25, 0.3) is 0 Å². The largest absolute Gasteiger partial charge is 0.497 e. The van der Waals surface area contributed by atoms with Crippen molar-refractivity contribution >= 4 is 17.8 Å². The van der Waals surface area contributed by atoms with E-state index >= 15 is 0 Å². The van der Waals surface area contributed by atoms with Gasteiger partial charge in [-0.1, -0.05) is 12.1 Å². The van der Waals surface area contributed by atoms with Crippen LogP contribution in [0.25, 0.3) is 17.3 Å². The fourth-order valence-electron chi connectivity index (χ4n) is 2.52. The molecule has 0 unspecified atom stereocenters. The van der Waals surface area contributed by atoms with Crippen LogP contribution in [0.3, 0.4) is 0 Å². The molecule has 27 heavy (non-hydrogen) atoms. The number of hydrogen-bond acceptors (Lipinski definition) is 6. The first-order valence-electron chi connectivity index (χ1n) is 8.21. The summed E-state index contributed by atoms with van der Waals surface area (Å²) < 4.78 is 15.1. The number of methoxy groups -OCH3 is 2. The molecule has 7 nitrogen and oxygen atoms in total. The van der Waals surface area contributed by atoms with Crippen molar-refractivity contribution in [1.29, 1.82) is 0 Å². The minimum Gasteiger partial charge on any atom is -0.497 e. The summed E-state index contributed by atoms with van der Waals surface area (Å²) in [5.74, 6) is 1.41. The predicted octanol–water partition coefficient (Wildman–Crippen LogP) is 3.71. The van der Waals surface area contributed by atoms with Crippen LogP contribution in [0.2, 0.25) is 0 Å². The number of hydrogen-bond donors (Lipinski definition) is 1. The van der Waals surface area contributed by atoms with Gasteiger partial charge >= 0.3 is 0 Å². The molecule has 0 aliphatic rings. The maximum absolute atomic E-state index is 12.2. The van der Waals surface area contributed by atoms with Gasteiger partial charge in [-0.3, -0.25) is 4.79 Å². The van der Waals surface area contributed by atoms with Crippen LogP contribution in [-0.2, 0) is 4.79 Å². The Balaban J connectivity index is 1.74. The maximum atomic E-state index is 12.2. The maximum Gasteiger partial charge on any atom is 0.249 e. The normalized spacial score (nSPS) is 10.8. The second kappa shape index (κ2) is 8.18. The van der Waals surface area contributed by atoms with Crippen molar-refractivity contribution in [2.45, 2.75) is 6.92 Å². The van der Waals surface area contributed by atoms with Gasteiger partial charge in [0, 0.05) is 11.6 Å². The van der Waals surface area contributed by atoms with E-state index in [1.54, 1.807) is 20.3 Å². The molecule has 1 N–H and O–H groups in total. The van der Waals surface area contributed by atoms with E-state index in [2.05, 4.69) is 15.6 Å². The number of ether oxygens (including phenoxy) is 2. The Morgan fingerprint density at radius 2 is 1.74 bits per heavy atom. The van der Waals surface area contributed by atoms with Crippen molar-refractivity contribution in [3.63, 3.8) is 0 Å². The highest BCUT2D eigenvalue weighted by Crippen LogP contribution is 2.29. The summed E-state index contributed by atoms with van der Waals surface area (Å²) in [6.45, 7) is 1.92. The quantitative estimate of drug-likeness (QED) is 0.670. The zero-order chi connectivity index (χ0) is 19.2. The number of nitrogens with zero attached hydrogens (tertiary/aromatic N) is 2. The summed E-state index contributed by atoms with van der Waals surface area (Å²) in [6.07, 6.45) is 3.11. The zero-order valence-electron chi connectivity index (χ0n) is 15.2. The summed E-state index contributed by atoms with van der Waals surface area (Å²) in [4.78, 5) is 12.2. The van der Waals surface area contributed by atoms with Gasteiger partial charge in [0.2, 0.25) is 11.7 Å². The minimum atomic E-state index is -0.339. The standard InChI is InChI=1S/C20H19N3O4/c1-13-12-16(26-3)9-10-17(13)19-20(23-27-22-19)21-18(24)11-6-14-4-7-15(25-2)8-5-14/h4-12H,1-3H3,(H,21,23,24)/b11-6+. The van der Waals surface area contributed by atoms with Crippen LogP contribution >= 0.6 is 0 Å². The number of aryl methyl sites for hydroxylation is 1. The van der Waals surface area contributed by atoms with Crippen LogP contribution in [0.4, 0.5) is 5.82 Å². The van der Waals surface area contributed by atoms with E-state index in [9.17, 15) is 4.79 Å². The van der Waals surface area contributed by atoms with E-state index in [0.29, 0.717) is 5.69 Å². The second-order valence-corrected chi connectivity index (χ2v) is 5.74. The first-order chi connectivity index (χ1) is 13.1. The lowest BCUT2D eigenvalue weighted by molar-refractivity contribution is -0.111. The summed E-state index contributed by atoms with van der Waals surface area (Å²) >= 11 is 0. The summed E-state index contributed by atoms with van der Waals surface area (Å²) in [7, 11) is 3.21. The third-order valence-electron chi connectivity index (χ3n) is 3.96. The van der Waals surface area contributed by atoms with Crippen LogP contribution in [0.15, 0.2) is 53.2 Å². The lowest BCUT2D eigenvalue weighted by atomic mass is 10.1. The van der Waals surface area contributed by atoms with Crippen molar-refractivity contribution in [3.05, 3.63) is 59.7 Å². The molecule has 0 saturated carbocycles. The predicted molar refractivity (Wildman–Crippen MR) is 102 cm³/mol. The Hall–Kier alpha value is -3.61. The highest BCUT2D eigenvalue weighted by atomic mass is 16.6. The topological polar surface area (TPSA) is 86.5 Å². The number of nitrogens with one attached hydrogen (secondary N) is 1. The fourth-order valence-corrected chi connectivity index (χ4v) is 2.52. The van der Waals surface area contributed by atoms with Gasteiger partial charge in [-0.25, -0.2) is 4.63 Å². The molecule has 0 bridgehead atoms. The number of anilines is 1. The van der Waals surface area contributed by atoms with Crippen LogP contribution in [0.5, 0.6) is 11.5 Å². The first kappa shape index (κ1) is 18.2. The molecule has 7 heteroatoms. The third kappa shape index (κ3) is 4.33. The molecule has 0 radical (unpaired) electrons. The van der Waals surface area contributed by atoms with Gasteiger partial charge in [0.15, 0.2) is 5.69 Å². The van der Waals surface area contributed by atoms with E-state index < -0.39 is 0 Å². The van der Waals surface area contributed by atoms with Crippen molar-refractivity contribution in [1.82, 2.24) is 10.3 Å². The Labute approximate surface area is 156 Å². The number of benzene rings is 2. The number of rotatable bonds is 6. The Morgan fingerprint density at radius 3 is 2.41 bits per heavy atom. The van der Waals surface area contributed by atoms with Gasteiger partial charge in [-0.2, -0.15) is 0 Å². The molecule has 2 aromatic carbocycles. The average molecular weight is 365 g/mol. The zero-order valence-corrected chi connectivity index (χ0v) is 15.2. The highest BCUT2D eigenvalue weighted by molar-refractivity contribution is 6.03. The average Bonchev–Trinajstić information content (AvgIpc) is 3.14. The molecule has 1 aromatic heterocycles. The van der Waals surface area contributed by atoms with Gasteiger partial charge in [0.05, 0.1) is 14.2 Å². The number of carbonyl (C=O) groups is 1. The van der Waals surface area contributed by atoms with Crippen LogP contribution in [0.1, 0.15) is 11.1 Å². The molecule has 0 fully saturated rings. The molecule has 0 aliphatic heterocycles. The molecule has 0 aliphatic carbocycles. The van der Waals surface area contributed by atoms with Crippen LogP contribution in [0, 0.1) is 6.92 Å². The lowest BCUT2D eigenvalue weighted by Gasteiger charge is -2.06. The van der Waals surface area contributed by atoms with Gasteiger partial charge in [-0.15, -0.1) is 0 Å². The lowest BCUT2D eigenvalue weighted by Crippen LogP contribution is -2.09. The van der Waals surface area contributed by atoms with E-state index in [1.165, 1.54) is 6.08 Å². The third-order valence-corrected chi connectivity index (χ3v) is 3.96. The van der Waals surface area contributed by atoms with Crippen LogP contribution in [-0.4, -0.2) is 30.4 Å². The fraction of sp³-hybridized carbons (Fsp3) is 0.150. The minimum absolute atomic E-state index is 0.257. The van der Waals surface area contributed by atoms with Gasteiger partial charge in [-0.05, 0) is 64.8 Å². The summed E-state index contributed by atoms with van der Waals surface area (Å²) in [5.41, 5.74) is 3.05. The molecule has 0 atom stereocenters. The van der Waals surface area contributed by atoms with E-state index in [1.807, 2.05) is 49.4 Å². The van der Waals surface area contributed by atoms with E-state index in [-0.39, 0.29) is 11.7 Å². The molecule has 138 valence electrons. The first-order valence-corrected chi connectivity index (χ1v) is 8.21. The van der Waals surface area contributed by atoms with E-state index in [0.717, 1.165) is 28.2 Å². The van der Waals surface area contributed by atoms with Crippen LogP contribution < -0.4 is 14.8 Å². The van der Waals surface area contributed by atoms with Crippen molar-refractivity contribution in [3.8, 4) is 22.8 Å². The molecular weight excluding hydrogens is 346 g/mol. The highest BCUT2D eigenvalue weighted by Gasteiger charge is 2.16. The van der Waals surface area contributed by atoms with Crippen molar-refractivity contribution < 1.29 is 18.9 Å². The van der Waals surface area contributed by atoms with Gasteiger partial charge < -0.3 is 14.8 Å². The van der Waals surface area contributed by atoms with E-state index in [4.69, 9.17) is 14.1 Å².